The molecule has 2 rings (SSSR count). The molecule has 2 aromatic carbocycles. The van der Waals surface area contributed by atoms with Gasteiger partial charge in [-0.3, -0.25) is 0 Å². The lowest BCUT2D eigenvalue weighted by atomic mass is 9.69. The summed E-state index contributed by atoms with van der Waals surface area (Å²) in [7, 11) is 0. The highest BCUT2D eigenvalue weighted by atomic mass is 16.5. The number of hydrogen-bond acceptors (Lipinski definition) is 2. The average molecular weight is 312 g/mol. The zero-order chi connectivity index (χ0) is 16.9. The second kappa shape index (κ2) is 7.76. The van der Waals surface area contributed by atoms with Gasteiger partial charge < -0.3 is 10.2 Å². The summed E-state index contributed by atoms with van der Waals surface area (Å²) in [5.41, 5.74) is 2.20. The van der Waals surface area contributed by atoms with Gasteiger partial charge in [0.05, 0.1) is 0 Å². The van der Waals surface area contributed by atoms with Gasteiger partial charge in [-0.25, -0.2) is 0 Å². The molecule has 0 saturated carbocycles. The Balaban J connectivity index is 2.35. The molecule has 0 aromatic heterocycles. The summed E-state index contributed by atoms with van der Waals surface area (Å²) in [4.78, 5) is 0. The first kappa shape index (κ1) is 17.7. The van der Waals surface area contributed by atoms with Gasteiger partial charge in [0.2, 0.25) is 0 Å². The van der Waals surface area contributed by atoms with Gasteiger partial charge in [0.25, 0.3) is 0 Å². The molecule has 0 spiro atoms. The number of benzene rings is 2. The molecule has 0 aliphatic heterocycles. The van der Waals surface area contributed by atoms with E-state index in [1.165, 1.54) is 5.56 Å². The van der Waals surface area contributed by atoms with Crippen molar-refractivity contribution >= 4 is 0 Å². The molecule has 0 aliphatic carbocycles. The van der Waals surface area contributed by atoms with Gasteiger partial charge in [-0.15, -0.1) is 0 Å². The summed E-state index contributed by atoms with van der Waals surface area (Å²) in [5, 5.41) is 19.3. The first-order chi connectivity index (χ1) is 10.9. The fourth-order valence-electron chi connectivity index (χ4n) is 3.49. The summed E-state index contributed by atoms with van der Waals surface area (Å²) < 4.78 is 0. The quantitative estimate of drug-likeness (QED) is 0.740. The topological polar surface area (TPSA) is 40.5 Å². The maximum Gasteiger partial charge on any atom is 0.152 e. The maximum atomic E-state index is 9.63. The Morgan fingerprint density at radius 2 is 1.35 bits per heavy atom. The van der Waals surface area contributed by atoms with Gasteiger partial charge in [0.15, 0.2) is 6.29 Å². The van der Waals surface area contributed by atoms with Crippen LogP contribution < -0.4 is 0 Å². The van der Waals surface area contributed by atoms with Crippen LogP contribution in [0.1, 0.15) is 50.7 Å². The number of aliphatic hydroxyl groups is 2. The first-order valence-corrected chi connectivity index (χ1v) is 8.39. The maximum absolute atomic E-state index is 9.63. The standard InChI is InChI=1S/C21H28O2/c1-16(2)19(17-10-6-4-7-11-17)14-21(3,15-20(22)23)18-12-8-5-9-13-18/h4-13,16,19-20,22-23H,14-15H2,1-3H3. The molecule has 0 bridgehead atoms. The highest BCUT2D eigenvalue weighted by Crippen LogP contribution is 2.41. The Hall–Kier alpha value is -1.64. The lowest BCUT2D eigenvalue weighted by molar-refractivity contribution is -0.0609. The van der Waals surface area contributed by atoms with Crippen LogP contribution in [-0.4, -0.2) is 16.5 Å². The van der Waals surface area contributed by atoms with E-state index in [1.807, 2.05) is 24.3 Å². The van der Waals surface area contributed by atoms with E-state index in [4.69, 9.17) is 0 Å². The Bertz CT molecular complexity index is 577. The number of rotatable bonds is 7. The summed E-state index contributed by atoms with van der Waals surface area (Å²) >= 11 is 0. The van der Waals surface area contributed by atoms with E-state index in [2.05, 4.69) is 57.2 Å². The lowest BCUT2D eigenvalue weighted by Crippen LogP contribution is -2.31. The summed E-state index contributed by atoms with van der Waals surface area (Å²) in [6, 6.07) is 20.7. The van der Waals surface area contributed by atoms with Gasteiger partial charge >= 0.3 is 0 Å². The minimum atomic E-state index is -1.30. The van der Waals surface area contributed by atoms with Crippen molar-refractivity contribution in [1.29, 1.82) is 0 Å². The van der Waals surface area contributed by atoms with Gasteiger partial charge in [-0.05, 0) is 34.8 Å². The monoisotopic (exact) mass is 312 g/mol. The van der Waals surface area contributed by atoms with Crippen molar-refractivity contribution in [3.05, 3.63) is 71.8 Å². The van der Waals surface area contributed by atoms with Crippen LogP contribution in [0.3, 0.4) is 0 Å². The van der Waals surface area contributed by atoms with Crippen LogP contribution in [0.2, 0.25) is 0 Å². The van der Waals surface area contributed by atoms with E-state index in [9.17, 15) is 10.2 Å². The largest absolute Gasteiger partial charge is 0.368 e. The molecule has 0 fully saturated rings. The summed E-state index contributed by atoms with van der Waals surface area (Å²) in [6.07, 6.45) is -0.0765. The minimum absolute atomic E-state index is 0.278. The Labute approximate surface area is 139 Å². The third-order valence-electron chi connectivity index (χ3n) is 4.81. The number of aliphatic hydroxyl groups excluding tert-OH is 1. The van der Waals surface area contributed by atoms with Crippen LogP contribution in [0, 0.1) is 5.92 Å². The van der Waals surface area contributed by atoms with Crippen molar-refractivity contribution in [2.45, 2.75) is 51.2 Å². The Morgan fingerprint density at radius 3 is 1.83 bits per heavy atom. The van der Waals surface area contributed by atoms with Crippen molar-refractivity contribution in [2.75, 3.05) is 0 Å². The highest BCUT2D eigenvalue weighted by Gasteiger charge is 2.33. The average Bonchev–Trinajstić information content (AvgIpc) is 2.53. The molecule has 2 N–H and O–H groups in total. The normalized spacial score (nSPS) is 15.6. The van der Waals surface area contributed by atoms with E-state index >= 15 is 0 Å². The predicted molar refractivity (Wildman–Crippen MR) is 95.3 cm³/mol. The number of hydrogen-bond donors (Lipinski definition) is 2. The van der Waals surface area contributed by atoms with Gasteiger partial charge in [0.1, 0.15) is 0 Å². The molecule has 0 radical (unpaired) electrons. The van der Waals surface area contributed by atoms with E-state index in [0.29, 0.717) is 18.3 Å². The minimum Gasteiger partial charge on any atom is -0.368 e. The molecule has 0 saturated heterocycles. The van der Waals surface area contributed by atoms with Crippen molar-refractivity contribution in [3.63, 3.8) is 0 Å². The SMILES string of the molecule is CC(C)C(CC(C)(CC(O)O)c1ccccc1)c1ccccc1. The molecule has 2 heteroatoms. The van der Waals surface area contributed by atoms with Crippen molar-refractivity contribution in [3.8, 4) is 0 Å². The third kappa shape index (κ3) is 4.66. The molecule has 23 heavy (non-hydrogen) atoms. The van der Waals surface area contributed by atoms with Crippen LogP contribution in [0.4, 0.5) is 0 Å². The van der Waals surface area contributed by atoms with E-state index in [1.54, 1.807) is 0 Å². The van der Waals surface area contributed by atoms with E-state index in [0.717, 1.165) is 12.0 Å². The van der Waals surface area contributed by atoms with Crippen LogP contribution in [0.5, 0.6) is 0 Å². The van der Waals surface area contributed by atoms with Gasteiger partial charge in [-0.2, -0.15) is 0 Å². The molecule has 0 aliphatic rings. The Morgan fingerprint density at radius 1 is 0.826 bits per heavy atom. The van der Waals surface area contributed by atoms with Crippen LogP contribution in [-0.2, 0) is 5.41 Å². The fraction of sp³-hybridized carbons (Fsp3) is 0.429. The smallest absolute Gasteiger partial charge is 0.152 e. The van der Waals surface area contributed by atoms with Crippen molar-refractivity contribution < 1.29 is 10.2 Å². The highest BCUT2D eigenvalue weighted by molar-refractivity contribution is 5.28. The zero-order valence-corrected chi connectivity index (χ0v) is 14.3. The van der Waals surface area contributed by atoms with Crippen molar-refractivity contribution in [2.24, 2.45) is 5.92 Å². The van der Waals surface area contributed by atoms with Gasteiger partial charge in [-0.1, -0.05) is 81.4 Å². The summed E-state index contributed by atoms with van der Waals surface area (Å²) in [5.74, 6) is 0.858. The van der Waals surface area contributed by atoms with Crippen LogP contribution in [0.15, 0.2) is 60.7 Å². The predicted octanol–water partition coefficient (Wildman–Crippen LogP) is 4.48. The molecular formula is C21H28O2. The molecule has 0 heterocycles. The zero-order valence-electron chi connectivity index (χ0n) is 14.3. The molecule has 2 aromatic rings. The molecule has 2 nitrogen and oxygen atoms in total. The molecular weight excluding hydrogens is 284 g/mol. The van der Waals surface area contributed by atoms with E-state index in [-0.39, 0.29) is 5.41 Å². The lowest BCUT2D eigenvalue weighted by Gasteiger charge is -2.36. The molecule has 2 atom stereocenters. The Kier molecular flexibility index (Phi) is 5.97. The molecule has 0 amide bonds. The molecule has 2 unspecified atom stereocenters. The fourth-order valence-corrected chi connectivity index (χ4v) is 3.49. The first-order valence-electron chi connectivity index (χ1n) is 8.39. The van der Waals surface area contributed by atoms with Gasteiger partial charge in [0, 0.05) is 6.42 Å². The van der Waals surface area contributed by atoms with Crippen LogP contribution >= 0.6 is 0 Å². The second-order valence-corrected chi connectivity index (χ2v) is 7.08. The van der Waals surface area contributed by atoms with E-state index < -0.39 is 6.29 Å². The third-order valence-corrected chi connectivity index (χ3v) is 4.81. The second-order valence-electron chi connectivity index (χ2n) is 7.08. The van der Waals surface area contributed by atoms with Crippen molar-refractivity contribution in [1.82, 2.24) is 0 Å². The summed E-state index contributed by atoms with van der Waals surface area (Å²) in [6.45, 7) is 6.61. The molecule has 124 valence electrons. The van der Waals surface area contributed by atoms with Crippen LogP contribution in [0.25, 0.3) is 0 Å².